The van der Waals surface area contributed by atoms with Crippen molar-refractivity contribution in [2.75, 3.05) is 18.5 Å². The molecule has 0 unspecified atom stereocenters. The fourth-order valence-corrected chi connectivity index (χ4v) is 10.5. The molecule has 11 heteroatoms. The molecule has 5 aromatic rings. The molecule has 1 fully saturated rings. The number of carboxylic acids is 1. The van der Waals surface area contributed by atoms with E-state index in [9.17, 15) is 14.7 Å². The maximum absolute atomic E-state index is 13.1. The molecule has 8 rings (SSSR count). The van der Waals surface area contributed by atoms with Crippen molar-refractivity contribution < 1.29 is 24.2 Å². The molecule has 3 aliphatic rings. The maximum atomic E-state index is 13.1. The van der Waals surface area contributed by atoms with Crippen LogP contribution in [0.5, 0.6) is 11.5 Å². The Morgan fingerprint density at radius 2 is 1.85 bits per heavy atom. The normalized spacial score (nSPS) is 22.2. The van der Waals surface area contributed by atoms with Gasteiger partial charge in [-0.1, -0.05) is 55.8 Å². The van der Waals surface area contributed by atoms with Crippen LogP contribution in [0.25, 0.3) is 11.1 Å². The van der Waals surface area contributed by atoms with Crippen LogP contribution in [0.1, 0.15) is 106 Å². The third kappa shape index (κ3) is 9.44. The van der Waals surface area contributed by atoms with Gasteiger partial charge in [0, 0.05) is 59.9 Å². The summed E-state index contributed by atoms with van der Waals surface area (Å²) in [4.78, 5) is 30.6. The van der Waals surface area contributed by atoms with Gasteiger partial charge in [-0.15, -0.1) is 0 Å². The Bertz CT molecular complexity index is 2350. The number of anilines is 1. The summed E-state index contributed by atoms with van der Waals surface area (Å²) in [5.74, 6) is 1.93. The number of halogens is 1. The van der Waals surface area contributed by atoms with Gasteiger partial charge < -0.3 is 25.2 Å². The first kappa shape index (κ1) is 42.3. The van der Waals surface area contributed by atoms with Gasteiger partial charge in [-0.25, -0.2) is 4.79 Å². The van der Waals surface area contributed by atoms with E-state index in [4.69, 9.17) is 21.1 Å². The Kier molecular flexibility index (Phi) is 12.7. The second-order valence-corrected chi connectivity index (χ2v) is 18.3. The van der Waals surface area contributed by atoms with Gasteiger partial charge in [0.1, 0.15) is 17.0 Å². The van der Waals surface area contributed by atoms with Crippen molar-refractivity contribution >= 4 is 29.2 Å². The fourth-order valence-electron chi connectivity index (χ4n) is 10.3. The van der Waals surface area contributed by atoms with Crippen LogP contribution >= 0.6 is 11.6 Å². The third-order valence-corrected chi connectivity index (χ3v) is 13.8. The number of hydrogen-bond acceptors (Lipinski definition) is 7. The number of ether oxygens (including phenoxy) is 2. The molecule has 3 atom stereocenters. The van der Waals surface area contributed by atoms with E-state index in [0.717, 1.165) is 73.1 Å². The molecule has 0 saturated heterocycles. The topological polar surface area (TPSA) is 128 Å². The molecule has 10 nitrogen and oxygen atoms in total. The molecular weight excluding hydrogens is 786 g/mol. The molecule has 2 heterocycles. The summed E-state index contributed by atoms with van der Waals surface area (Å²) in [6.07, 6.45) is 14.2. The largest absolute Gasteiger partial charge is 0.494 e. The number of nitrogens with one attached hydrogen (secondary N) is 2. The number of carbonyl (C=O) groups excluding carboxylic acids is 1. The van der Waals surface area contributed by atoms with Crippen molar-refractivity contribution in [2.24, 2.45) is 18.9 Å². The molecule has 61 heavy (non-hydrogen) atoms. The summed E-state index contributed by atoms with van der Waals surface area (Å²) < 4.78 is 14.7. The number of aliphatic carboxylic acids is 1. The lowest BCUT2D eigenvalue weighted by Gasteiger charge is -2.47. The Balaban J connectivity index is 0.931. The monoisotopic (exact) mass is 843 g/mol. The standard InChI is InChI=1S/C50H58ClN5O5/c1-33(32-61-45-17-22-52-44-13-4-8-34(2)47(44)45)24-39-26-37-15-16-42(60-23-7-14-46(57)53-29-35-9-5-10-36(25-35)38-30-54-56(3)31-38)28-43(37)49(39)18-20-50(21-19-49,48(58)59)55-41-12-6-11-40(51)27-41/h5-6,9-12,15-17,22,25,27-28,30-31,33-34,39,55H,4,7-8,13-14,18-21,23-24,26,29,32H2,1-3H3,(H,53,57)(H,58,59)/t33-,34-,39+,49?,50?/m1/s1. The van der Waals surface area contributed by atoms with Crippen LogP contribution in [0.4, 0.5) is 5.69 Å². The van der Waals surface area contributed by atoms with E-state index in [2.05, 4.69) is 58.8 Å². The zero-order valence-corrected chi connectivity index (χ0v) is 36.3. The quantitative estimate of drug-likeness (QED) is 0.0838. The number of benzene rings is 3. The number of carbonyl (C=O) groups is 2. The summed E-state index contributed by atoms with van der Waals surface area (Å²) >= 11 is 6.32. The van der Waals surface area contributed by atoms with Gasteiger partial charge in [0.25, 0.3) is 0 Å². The Hall–Kier alpha value is -5.35. The highest BCUT2D eigenvalue weighted by Gasteiger charge is 2.54. The summed E-state index contributed by atoms with van der Waals surface area (Å²) in [6.45, 7) is 6.04. The van der Waals surface area contributed by atoms with E-state index >= 15 is 0 Å². The number of nitrogens with zero attached hydrogens (tertiary/aromatic N) is 3. The van der Waals surface area contributed by atoms with Crippen LogP contribution in [-0.2, 0) is 41.4 Å². The molecule has 2 aromatic heterocycles. The highest BCUT2D eigenvalue weighted by Crippen LogP contribution is 2.57. The minimum atomic E-state index is -1.11. The Morgan fingerprint density at radius 1 is 1.02 bits per heavy atom. The number of amides is 1. The minimum Gasteiger partial charge on any atom is -0.494 e. The lowest BCUT2D eigenvalue weighted by molar-refractivity contribution is -0.144. The van der Waals surface area contributed by atoms with Crippen LogP contribution in [-0.4, -0.2) is 50.5 Å². The van der Waals surface area contributed by atoms with Gasteiger partial charge in [0.15, 0.2) is 0 Å². The number of aryl methyl sites for hydroxylation is 2. The number of carboxylic acid groups (broad SMARTS) is 1. The lowest BCUT2D eigenvalue weighted by Crippen LogP contribution is -2.53. The lowest BCUT2D eigenvalue weighted by atomic mass is 9.59. The smallest absolute Gasteiger partial charge is 0.329 e. The molecule has 1 amide bonds. The zero-order valence-electron chi connectivity index (χ0n) is 35.6. The zero-order chi connectivity index (χ0) is 42.6. The highest BCUT2D eigenvalue weighted by molar-refractivity contribution is 6.30. The first-order valence-electron chi connectivity index (χ1n) is 22.0. The summed E-state index contributed by atoms with van der Waals surface area (Å²) in [6, 6.07) is 23.9. The van der Waals surface area contributed by atoms with Gasteiger partial charge in [0.05, 0.1) is 19.4 Å². The van der Waals surface area contributed by atoms with E-state index in [1.54, 1.807) is 16.8 Å². The third-order valence-electron chi connectivity index (χ3n) is 13.5. The molecule has 0 radical (unpaired) electrons. The SMILES string of the molecule is C[C@@H](COc1ccnc2c1[C@H](C)CCC2)C[C@H]1Cc2ccc(OCCCC(=O)NCc3cccc(-c4cnn(C)c4)c3)cc2C12CCC(Nc1cccc(Cl)c1)(C(=O)O)CC2. The molecule has 3 N–H and O–H groups in total. The number of pyridine rings is 1. The van der Waals surface area contributed by atoms with Crippen LogP contribution in [0, 0.1) is 11.8 Å². The first-order valence-corrected chi connectivity index (χ1v) is 22.4. The average Bonchev–Trinajstić information content (AvgIpc) is 3.82. The minimum absolute atomic E-state index is 0.0157. The summed E-state index contributed by atoms with van der Waals surface area (Å²) in [7, 11) is 1.90. The van der Waals surface area contributed by atoms with E-state index in [-0.39, 0.29) is 17.2 Å². The molecule has 0 aliphatic heterocycles. The van der Waals surface area contributed by atoms with Crippen molar-refractivity contribution in [3.8, 4) is 22.6 Å². The number of fused-ring (bicyclic) bond motifs is 3. The fraction of sp³-hybridized carbons (Fsp3) is 0.440. The van der Waals surface area contributed by atoms with Gasteiger partial charge in [-0.2, -0.15) is 5.10 Å². The van der Waals surface area contributed by atoms with E-state index in [1.165, 1.54) is 22.4 Å². The highest BCUT2D eigenvalue weighted by atomic mass is 35.5. The van der Waals surface area contributed by atoms with Gasteiger partial charge >= 0.3 is 5.97 Å². The van der Waals surface area contributed by atoms with Crippen molar-refractivity contribution in [3.05, 3.63) is 124 Å². The maximum Gasteiger partial charge on any atom is 0.329 e. The van der Waals surface area contributed by atoms with Crippen LogP contribution in [0.2, 0.25) is 5.02 Å². The second kappa shape index (κ2) is 18.3. The van der Waals surface area contributed by atoms with Gasteiger partial charge in [-0.05, 0) is 152 Å². The van der Waals surface area contributed by atoms with E-state index in [1.807, 2.05) is 62.0 Å². The second-order valence-electron chi connectivity index (χ2n) is 17.8. The number of hydrogen-bond donors (Lipinski definition) is 3. The predicted octanol–water partition coefficient (Wildman–Crippen LogP) is 10.1. The van der Waals surface area contributed by atoms with Gasteiger partial charge in [0.2, 0.25) is 5.91 Å². The predicted molar refractivity (Wildman–Crippen MR) is 239 cm³/mol. The van der Waals surface area contributed by atoms with Crippen molar-refractivity contribution in [1.82, 2.24) is 20.1 Å². The number of aromatic nitrogens is 3. The first-order chi connectivity index (χ1) is 29.5. The molecular formula is C50H58ClN5O5. The van der Waals surface area contributed by atoms with E-state index in [0.29, 0.717) is 68.0 Å². The van der Waals surface area contributed by atoms with Crippen LogP contribution < -0.4 is 20.1 Å². The summed E-state index contributed by atoms with van der Waals surface area (Å²) in [5, 5.41) is 22.0. The van der Waals surface area contributed by atoms with Gasteiger partial charge in [-0.3, -0.25) is 14.5 Å². The van der Waals surface area contributed by atoms with Crippen molar-refractivity contribution in [1.29, 1.82) is 0 Å². The average molecular weight is 844 g/mol. The summed E-state index contributed by atoms with van der Waals surface area (Å²) in [5.41, 5.74) is 7.55. The molecule has 1 spiro atoms. The Labute approximate surface area is 364 Å². The number of rotatable bonds is 16. The molecule has 320 valence electrons. The van der Waals surface area contributed by atoms with Crippen LogP contribution in [0.15, 0.2) is 91.4 Å². The molecule has 0 bridgehead atoms. The van der Waals surface area contributed by atoms with Crippen molar-refractivity contribution in [2.45, 2.75) is 108 Å². The van der Waals surface area contributed by atoms with Crippen molar-refractivity contribution in [3.63, 3.8) is 0 Å². The molecule has 1 saturated carbocycles. The molecule has 3 aromatic carbocycles. The van der Waals surface area contributed by atoms with E-state index < -0.39 is 11.5 Å². The van der Waals surface area contributed by atoms with Crippen LogP contribution in [0.3, 0.4) is 0 Å². The Morgan fingerprint density at radius 3 is 2.64 bits per heavy atom. The molecule has 3 aliphatic carbocycles.